The summed E-state index contributed by atoms with van der Waals surface area (Å²) < 4.78 is 5.41. The van der Waals surface area contributed by atoms with E-state index in [1.807, 2.05) is 44.2 Å². The van der Waals surface area contributed by atoms with Gasteiger partial charge in [-0.25, -0.2) is 4.98 Å². The van der Waals surface area contributed by atoms with Gasteiger partial charge < -0.3 is 15.5 Å². The number of carbonyl (C=O) groups excluding carboxylic acids is 1. The number of aryl methyl sites for hydroxylation is 1. The lowest BCUT2D eigenvalue weighted by molar-refractivity contribution is -0.115. The van der Waals surface area contributed by atoms with Crippen molar-refractivity contribution in [1.29, 1.82) is 10.5 Å². The third kappa shape index (κ3) is 4.29. The van der Waals surface area contributed by atoms with Crippen molar-refractivity contribution >= 4 is 29.2 Å². The van der Waals surface area contributed by atoms with Crippen LogP contribution in [0.15, 0.2) is 52.1 Å². The highest BCUT2D eigenvalue weighted by molar-refractivity contribution is 8.00. The Labute approximate surface area is 178 Å². The molecule has 0 saturated carbocycles. The summed E-state index contributed by atoms with van der Waals surface area (Å²) in [5, 5.41) is 22.0. The van der Waals surface area contributed by atoms with Crippen molar-refractivity contribution in [2.24, 2.45) is 0 Å². The molecule has 0 aliphatic carbocycles. The second-order valence-electron chi connectivity index (χ2n) is 6.50. The van der Waals surface area contributed by atoms with Crippen LogP contribution in [0.5, 0.6) is 0 Å². The molecule has 0 bridgehead atoms. The smallest absolute Gasteiger partial charge is 0.237 e. The summed E-state index contributed by atoms with van der Waals surface area (Å²) in [7, 11) is 0. The van der Waals surface area contributed by atoms with Crippen LogP contribution in [-0.4, -0.2) is 16.1 Å². The molecule has 3 aromatic rings. The van der Waals surface area contributed by atoms with Crippen molar-refractivity contribution in [1.82, 2.24) is 4.98 Å². The van der Waals surface area contributed by atoms with E-state index in [1.165, 1.54) is 6.26 Å². The number of nitrogen functional groups attached to an aromatic ring is 1. The van der Waals surface area contributed by atoms with Gasteiger partial charge in [0.05, 0.1) is 22.6 Å². The van der Waals surface area contributed by atoms with Crippen LogP contribution < -0.4 is 11.1 Å². The Morgan fingerprint density at radius 3 is 2.63 bits per heavy atom. The first-order chi connectivity index (χ1) is 14.5. The maximum Gasteiger partial charge on any atom is 0.237 e. The summed E-state index contributed by atoms with van der Waals surface area (Å²) >= 11 is 1.14. The molecule has 0 spiro atoms. The fourth-order valence-electron chi connectivity index (χ4n) is 2.95. The van der Waals surface area contributed by atoms with E-state index >= 15 is 0 Å². The number of furan rings is 1. The van der Waals surface area contributed by atoms with Crippen LogP contribution in [0.4, 0.5) is 11.5 Å². The topological polar surface area (TPSA) is 129 Å². The van der Waals surface area contributed by atoms with E-state index in [2.05, 4.69) is 16.4 Å². The average molecular weight is 417 g/mol. The number of nitriles is 2. The monoisotopic (exact) mass is 417 g/mol. The quantitative estimate of drug-likeness (QED) is 0.565. The lowest BCUT2D eigenvalue weighted by Crippen LogP contribution is -2.25. The van der Waals surface area contributed by atoms with Gasteiger partial charge in [-0.05, 0) is 43.2 Å². The Hall–Kier alpha value is -3.75. The standard InChI is InChI=1S/C22H19N5O2S/c1-3-18(21(28)26-14-7-4-6-13(2)10-14)30-22-16(12-24)19(17-8-5-9-29-17)15(11-23)20(25)27-22/h4-10,18H,3H2,1-2H3,(H2,25,27)(H,26,28). The number of anilines is 2. The van der Waals surface area contributed by atoms with Gasteiger partial charge in [-0.2, -0.15) is 10.5 Å². The van der Waals surface area contributed by atoms with E-state index in [-0.39, 0.29) is 33.4 Å². The van der Waals surface area contributed by atoms with Crippen molar-refractivity contribution in [3.8, 4) is 23.5 Å². The minimum atomic E-state index is -0.512. The van der Waals surface area contributed by atoms with E-state index in [9.17, 15) is 15.3 Å². The lowest BCUT2D eigenvalue weighted by atomic mass is 10.0. The normalized spacial score (nSPS) is 11.3. The molecule has 0 radical (unpaired) electrons. The first-order valence-electron chi connectivity index (χ1n) is 9.20. The molecule has 150 valence electrons. The van der Waals surface area contributed by atoms with Crippen molar-refractivity contribution < 1.29 is 9.21 Å². The summed E-state index contributed by atoms with van der Waals surface area (Å²) in [4.78, 5) is 17.1. The third-order valence-corrected chi connectivity index (χ3v) is 5.74. The molecule has 3 N–H and O–H groups in total. The minimum absolute atomic E-state index is 0.0145. The third-order valence-electron chi connectivity index (χ3n) is 4.39. The first kappa shape index (κ1) is 21.0. The minimum Gasteiger partial charge on any atom is -0.464 e. The van der Waals surface area contributed by atoms with Crippen LogP contribution in [-0.2, 0) is 4.79 Å². The number of hydrogen-bond acceptors (Lipinski definition) is 7. The molecule has 0 saturated heterocycles. The number of benzene rings is 1. The Kier molecular flexibility index (Phi) is 6.41. The number of carbonyl (C=O) groups is 1. The molecule has 0 aliphatic heterocycles. The number of aromatic nitrogens is 1. The lowest BCUT2D eigenvalue weighted by Gasteiger charge is -2.17. The van der Waals surface area contributed by atoms with Gasteiger partial charge in [0.1, 0.15) is 34.3 Å². The summed E-state index contributed by atoms with van der Waals surface area (Å²) in [6, 6.07) is 14.9. The second-order valence-corrected chi connectivity index (χ2v) is 7.69. The largest absolute Gasteiger partial charge is 0.464 e. The summed E-state index contributed by atoms with van der Waals surface area (Å²) in [5.41, 5.74) is 8.24. The number of hydrogen-bond donors (Lipinski definition) is 2. The van der Waals surface area contributed by atoms with Gasteiger partial charge in [0.15, 0.2) is 0 Å². The number of nitrogens with one attached hydrogen (secondary N) is 1. The van der Waals surface area contributed by atoms with Crippen molar-refractivity contribution in [2.45, 2.75) is 30.5 Å². The number of pyridine rings is 1. The molecule has 2 aromatic heterocycles. The Balaban J connectivity index is 1.98. The number of amides is 1. The zero-order chi connectivity index (χ0) is 21.7. The predicted octanol–water partition coefficient (Wildman–Crippen LogP) is 4.48. The maximum atomic E-state index is 12.8. The van der Waals surface area contributed by atoms with E-state index < -0.39 is 5.25 Å². The molecule has 3 rings (SSSR count). The van der Waals surface area contributed by atoms with Gasteiger partial charge in [0.2, 0.25) is 5.91 Å². The Bertz CT molecular complexity index is 1160. The highest BCUT2D eigenvalue weighted by Gasteiger charge is 2.26. The van der Waals surface area contributed by atoms with Crippen molar-refractivity contribution in [3.05, 3.63) is 59.4 Å². The van der Waals surface area contributed by atoms with E-state index in [1.54, 1.807) is 12.1 Å². The molecule has 7 nitrogen and oxygen atoms in total. The molecule has 1 aromatic carbocycles. The fraction of sp³-hybridized carbons (Fsp3) is 0.182. The summed E-state index contributed by atoms with van der Waals surface area (Å²) in [5.74, 6) is 0.122. The molecule has 2 heterocycles. The van der Waals surface area contributed by atoms with Gasteiger partial charge >= 0.3 is 0 Å². The fourth-order valence-corrected chi connectivity index (χ4v) is 3.97. The number of rotatable bonds is 6. The molecule has 30 heavy (non-hydrogen) atoms. The van der Waals surface area contributed by atoms with Crippen LogP contribution >= 0.6 is 11.8 Å². The summed E-state index contributed by atoms with van der Waals surface area (Å²) in [6.07, 6.45) is 1.95. The SMILES string of the molecule is CCC(Sc1nc(N)c(C#N)c(-c2ccco2)c1C#N)C(=O)Nc1cccc(C)c1. The first-order valence-corrected chi connectivity index (χ1v) is 10.1. The Morgan fingerprint density at radius 1 is 1.27 bits per heavy atom. The van der Waals surface area contributed by atoms with Gasteiger partial charge in [-0.3, -0.25) is 4.79 Å². The summed E-state index contributed by atoms with van der Waals surface area (Å²) in [6.45, 7) is 3.82. The van der Waals surface area contributed by atoms with Crippen LogP contribution in [0.3, 0.4) is 0 Å². The highest BCUT2D eigenvalue weighted by atomic mass is 32.2. The Morgan fingerprint density at radius 2 is 2.03 bits per heavy atom. The predicted molar refractivity (Wildman–Crippen MR) is 116 cm³/mol. The molecule has 1 amide bonds. The molecular formula is C22H19N5O2S. The number of nitrogens with zero attached hydrogens (tertiary/aromatic N) is 3. The zero-order valence-electron chi connectivity index (χ0n) is 16.5. The number of nitrogens with two attached hydrogens (primary N) is 1. The van der Waals surface area contributed by atoms with E-state index in [0.717, 1.165) is 17.3 Å². The molecule has 1 unspecified atom stereocenters. The van der Waals surface area contributed by atoms with Crippen molar-refractivity contribution in [3.63, 3.8) is 0 Å². The van der Waals surface area contributed by atoms with Gasteiger partial charge in [0, 0.05) is 5.69 Å². The molecular weight excluding hydrogens is 398 g/mol. The van der Waals surface area contributed by atoms with E-state index in [0.29, 0.717) is 17.9 Å². The number of thioether (sulfide) groups is 1. The molecule has 8 heteroatoms. The molecule has 1 atom stereocenters. The van der Waals surface area contributed by atoms with E-state index in [4.69, 9.17) is 10.2 Å². The maximum absolute atomic E-state index is 12.8. The van der Waals surface area contributed by atoms with Gasteiger partial charge in [-0.15, -0.1) is 0 Å². The molecule has 0 aliphatic rings. The van der Waals surface area contributed by atoms with Crippen molar-refractivity contribution in [2.75, 3.05) is 11.1 Å². The van der Waals surface area contributed by atoms with Crippen LogP contribution in [0, 0.1) is 29.6 Å². The van der Waals surface area contributed by atoms with Gasteiger partial charge in [-0.1, -0.05) is 30.8 Å². The van der Waals surface area contributed by atoms with Crippen LogP contribution in [0.25, 0.3) is 11.3 Å². The van der Waals surface area contributed by atoms with Crippen LogP contribution in [0.1, 0.15) is 30.0 Å². The highest BCUT2D eigenvalue weighted by Crippen LogP contribution is 2.37. The van der Waals surface area contributed by atoms with Crippen LogP contribution in [0.2, 0.25) is 0 Å². The van der Waals surface area contributed by atoms with Gasteiger partial charge in [0.25, 0.3) is 0 Å². The molecule has 0 fully saturated rings. The zero-order valence-corrected chi connectivity index (χ0v) is 17.3. The second kappa shape index (κ2) is 9.17. The average Bonchev–Trinajstić information content (AvgIpc) is 3.25.